The van der Waals surface area contributed by atoms with Crippen LogP contribution in [-0.4, -0.2) is 36.0 Å². The predicted octanol–water partition coefficient (Wildman–Crippen LogP) is 3.45. The van der Waals surface area contributed by atoms with Gasteiger partial charge in [-0.3, -0.25) is 0 Å². The highest BCUT2D eigenvalue weighted by molar-refractivity contribution is 7.09. The Morgan fingerprint density at radius 3 is 2.88 bits per heavy atom. The number of hydrogen-bond acceptors (Lipinski definition) is 4. The van der Waals surface area contributed by atoms with Gasteiger partial charge in [0.25, 0.3) is 0 Å². The van der Waals surface area contributed by atoms with Gasteiger partial charge < -0.3 is 15.0 Å². The summed E-state index contributed by atoms with van der Waals surface area (Å²) in [5, 5.41) is 6.53. The standard InChI is InChI=1S/C18H26N4OS/c1-5-19-18(22(4)12-16-13-24-14(3)21-16)20-11-15-8-7-9-17(10-15)23-6-2/h7-10,13H,5-6,11-12H2,1-4H3,(H,19,20). The first kappa shape index (κ1) is 18.3. The van der Waals surface area contributed by atoms with Gasteiger partial charge in [-0.05, 0) is 38.5 Å². The zero-order chi connectivity index (χ0) is 17.4. The van der Waals surface area contributed by atoms with Crippen LogP contribution in [0.5, 0.6) is 5.75 Å². The first-order valence-electron chi connectivity index (χ1n) is 8.24. The molecule has 0 aliphatic carbocycles. The van der Waals surface area contributed by atoms with Crippen molar-refractivity contribution in [2.75, 3.05) is 20.2 Å². The molecular weight excluding hydrogens is 320 g/mol. The number of ether oxygens (including phenoxy) is 1. The van der Waals surface area contributed by atoms with E-state index in [0.29, 0.717) is 13.2 Å². The summed E-state index contributed by atoms with van der Waals surface area (Å²) in [6.07, 6.45) is 0. The highest BCUT2D eigenvalue weighted by atomic mass is 32.1. The summed E-state index contributed by atoms with van der Waals surface area (Å²) in [6.45, 7) is 8.95. The van der Waals surface area contributed by atoms with Gasteiger partial charge in [0.05, 0.1) is 30.4 Å². The van der Waals surface area contributed by atoms with Crippen LogP contribution < -0.4 is 10.1 Å². The molecule has 2 rings (SSSR count). The van der Waals surface area contributed by atoms with Crippen LogP contribution in [0.15, 0.2) is 34.6 Å². The summed E-state index contributed by atoms with van der Waals surface area (Å²) in [5.74, 6) is 1.77. The molecule has 1 N–H and O–H groups in total. The molecule has 24 heavy (non-hydrogen) atoms. The lowest BCUT2D eigenvalue weighted by Gasteiger charge is -2.21. The van der Waals surface area contributed by atoms with E-state index in [1.54, 1.807) is 11.3 Å². The lowest BCUT2D eigenvalue weighted by molar-refractivity contribution is 0.340. The monoisotopic (exact) mass is 346 g/mol. The fourth-order valence-electron chi connectivity index (χ4n) is 2.33. The molecule has 130 valence electrons. The van der Waals surface area contributed by atoms with E-state index in [9.17, 15) is 0 Å². The van der Waals surface area contributed by atoms with Gasteiger partial charge in [-0.1, -0.05) is 12.1 Å². The van der Waals surface area contributed by atoms with E-state index < -0.39 is 0 Å². The molecule has 0 aliphatic heterocycles. The molecule has 1 aromatic heterocycles. The van der Waals surface area contributed by atoms with Gasteiger partial charge in [-0.15, -0.1) is 11.3 Å². The topological polar surface area (TPSA) is 49.8 Å². The number of aromatic nitrogens is 1. The normalized spacial score (nSPS) is 11.4. The summed E-state index contributed by atoms with van der Waals surface area (Å²) in [6, 6.07) is 8.09. The number of aryl methyl sites for hydroxylation is 1. The number of nitrogens with zero attached hydrogens (tertiary/aromatic N) is 3. The molecule has 1 aromatic carbocycles. The Labute approximate surface area is 148 Å². The molecule has 6 heteroatoms. The zero-order valence-electron chi connectivity index (χ0n) is 14.9. The first-order valence-corrected chi connectivity index (χ1v) is 9.12. The van der Waals surface area contributed by atoms with Crippen LogP contribution in [-0.2, 0) is 13.1 Å². The van der Waals surface area contributed by atoms with Crippen LogP contribution in [0, 0.1) is 6.92 Å². The zero-order valence-corrected chi connectivity index (χ0v) is 15.7. The minimum atomic E-state index is 0.615. The Bertz CT molecular complexity index is 669. The van der Waals surface area contributed by atoms with Crippen LogP contribution in [0.1, 0.15) is 30.1 Å². The van der Waals surface area contributed by atoms with Gasteiger partial charge in [0, 0.05) is 19.0 Å². The maximum Gasteiger partial charge on any atom is 0.194 e. The van der Waals surface area contributed by atoms with E-state index in [1.165, 1.54) is 0 Å². The lowest BCUT2D eigenvalue weighted by atomic mass is 10.2. The molecule has 5 nitrogen and oxygen atoms in total. The van der Waals surface area contributed by atoms with Crippen LogP contribution >= 0.6 is 11.3 Å². The number of rotatable bonds is 7. The minimum Gasteiger partial charge on any atom is -0.494 e. The summed E-state index contributed by atoms with van der Waals surface area (Å²) in [5.41, 5.74) is 2.21. The second kappa shape index (κ2) is 9.27. The van der Waals surface area contributed by atoms with Crippen molar-refractivity contribution >= 4 is 17.3 Å². The average Bonchev–Trinajstić information content (AvgIpc) is 2.97. The van der Waals surface area contributed by atoms with Crippen molar-refractivity contribution in [1.82, 2.24) is 15.2 Å². The fraction of sp³-hybridized carbons (Fsp3) is 0.444. The average molecular weight is 347 g/mol. The molecule has 0 saturated heterocycles. The smallest absolute Gasteiger partial charge is 0.194 e. The lowest BCUT2D eigenvalue weighted by Crippen LogP contribution is -2.38. The van der Waals surface area contributed by atoms with Gasteiger partial charge in [0.1, 0.15) is 5.75 Å². The Kier molecular flexibility index (Phi) is 7.06. The molecule has 0 radical (unpaired) electrons. The summed E-state index contributed by atoms with van der Waals surface area (Å²) < 4.78 is 5.55. The molecule has 0 fully saturated rings. The highest BCUT2D eigenvalue weighted by Gasteiger charge is 2.08. The van der Waals surface area contributed by atoms with E-state index in [1.807, 2.05) is 39.1 Å². The maximum absolute atomic E-state index is 5.55. The van der Waals surface area contributed by atoms with Gasteiger partial charge >= 0.3 is 0 Å². The Morgan fingerprint density at radius 1 is 1.38 bits per heavy atom. The maximum atomic E-state index is 5.55. The molecule has 0 saturated carbocycles. The number of guanidine groups is 1. The van der Waals surface area contributed by atoms with Gasteiger partial charge in [0.15, 0.2) is 5.96 Å². The Morgan fingerprint density at radius 2 is 2.21 bits per heavy atom. The number of aliphatic imine (C=N–C) groups is 1. The van der Waals surface area contributed by atoms with Crippen LogP contribution in [0.3, 0.4) is 0 Å². The quantitative estimate of drug-likeness (QED) is 0.616. The summed E-state index contributed by atoms with van der Waals surface area (Å²) >= 11 is 1.68. The van der Waals surface area contributed by atoms with E-state index in [2.05, 4.69) is 33.6 Å². The van der Waals surface area contributed by atoms with Crippen LogP contribution in [0.25, 0.3) is 0 Å². The van der Waals surface area contributed by atoms with Gasteiger partial charge in [0.2, 0.25) is 0 Å². The third-order valence-electron chi connectivity index (χ3n) is 3.38. The number of benzene rings is 1. The van der Waals surface area contributed by atoms with Crippen molar-refractivity contribution in [3.05, 3.63) is 45.9 Å². The molecule has 0 amide bonds. The van der Waals surface area contributed by atoms with Crippen molar-refractivity contribution in [3.63, 3.8) is 0 Å². The van der Waals surface area contributed by atoms with E-state index in [0.717, 1.165) is 41.1 Å². The second-order valence-corrected chi connectivity index (χ2v) is 6.53. The number of thiazole rings is 1. The molecule has 1 heterocycles. The molecule has 0 atom stereocenters. The molecule has 0 bridgehead atoms. The molecule has 0 unspecified atom stereocenters. The second-order valence-electron chi connectivity index (χ2n) is 5.46. The van der Waals surface area contributed by atoms with Crippen LogP contribution in [0.4, 0.5) is 0 Å². The largest absolute Gasteiger partial charge is 0.494 e. The Balaban J connectivity index is 2.05. The molecule has 0 aliphatic rings. The minimum absolute atomic E-state index is 0.615. The van der Waals surface area contributed by atoms with Crippen molar-refractivity contribution in [2.24, 2.45) is 4.99 Å². The van der Waals surface area contributed by atoms with Crippen molar-refractivity contribution in [2.45, 2.75) is 33.9 Å². The predicted molar refractivity (Wildman–Crippen MR) is 101 cm³/mol. The van der Waals surface area contributed by atoms with E-state index >= 15 is 0 Å². The van der Waals surface area contributed by atoms with Crippen molar-refractivity contribution < 1.29 is 4.74 Å². The number of hydrogen-bond donors (Lipinski definition) is 1. The van der Waals surface area contributed by atoms with Gasteiger partial charge in [-0.25, -0.2) is 9.98 Å². The third kappa shape index (κ3) is 5.53. The van der Waals surface area contributed by atoms with Crippen molar-refractivity contribution in [1.29, 1.82) is 0 Å². The van der Waals surface area contributed by atoms with Gasteiger partial charge in [-0.2, -0.15) is 0 Å². The summed E-state index contributed by atoms with van der Waals surface area (Å²) in [7, 11) is 2.03. The SMILES string of the molecule is CCNC(=NCc1cccc(OCC)c1)N(C)Cc1csc(C)n1. The number of nitrogens with one attached hydrogen (secondary N) is 1. The Hall–Kier alpha value is -2.08. The first-order chi connectivity index (χ1) is 11.6. The molecular formula is C18H26N4OS. The van der Waals surface area contributed by atoms with Crippen molar-refractivity contribution in [3.8, 4) is 5.75 Å². The van der Waals surface area contributed by atoms with E-state index in [4.69, 9.17) is 9.73 Å². The summed E-state index contributed by atoms with van der Waals surface area (Å²) in [4.78, 5) is 11.4. The fourth-order valence-corrected chi connectivity index (χ4v) is 2.94. The molecule has 2 aromatic rings. The third-order valence-corrected chi connectivity index (χ3v) is 4.21. The van der Waals surface area contributed by atoms with Crippen LogP contribution in [0.2, 0.25) is 0 Å². The van der Waals surface area contributed by atoms with E-state index in [-0.39, 0.29) is 0 Å². The highest BCUT2D eigenvalue weighted by Crippen LogP contribution is 2.14. The molecule has 0 spiro atoms.